The number of amides is 3. The molecule has 0 spiro atoms. The zero-order valence-corrected chi connectivity index (χ0v) is 28.2. The van der Waals surface area contributed by atoms with Gasteiger partial charge in [0.05, 0.1) is 17.6 Å². The summed E-state index contributed by atoms with van der Waals surface area (Å²) in [6.07, 6.45) is 7.52. The molecule has 0 bridgehead atoms. The van der Waals surface area contributed by atoms with Crippen molar-refractivity contribution in [3.8, 4) is 6.01 Å². The Bertz CT molecular complexity index is 1700. The highest BCUT2D eigenvalue weighted by molar-refractivity contribution is 7.87. The van der Waals surface area contributed by atoms with Gasteiger partial charge in [0.1, 0.15) is 23.2 Å². The molecule has 1 aromatic heterocycles. The average molecular weight is 673 g/mol. The molecule has 47 heavy (non-hydrogen) atoms. The number of ether oxygens (including phenoxy) is 1. The molecule has 0 radical (unpaired) electrons. The van der Waals surface area contributed by atoms with Crippen LogP contribution in [0.5, 0.6) is 6.01 Å². The minimum Gasteiger partial charge on any atom is -0.478 e. The second kappa shape index (κ2) is 13.3. The van der Waals surface area contributed by atoms with Crippen molar-refractivity contribution in [2.75, 3.05) is 20.6 Å². The van der Waals surface area contributed by atoms with Gasteiger partial charge in [0.15, 0.2) is 0 Å². The van der Waals surface area contributed by atoms with E-state index in [4.69, 9.17) is 4.74 Å². The van der Waals surface area contributed by atoms with Crippen molar-refractivity contribution in [1.82, 2.24) is 28.8 Å². The van der Waals surface area contributed by atoms with E-state index in [1.807, 2.05) is 32.9 Å². The quantitative estimate of drug-likeness (QED) is 0.373. The molecule has 3 aliphatic rings. The number of aromatic nitrogens is 2. The Kier molecular flexibility index (Phi) is 9.69. The smallest absolute Gasteiger partial charge is 0.337 e. The number of rotatable bonds is 7. The molecule has 3 amide bonds. The zero-order valence-electron chi connectivity index (χ0n) is 27.4. The maximum atomic E-state index is 14.1. The van der Waals surface area contributed by atoms with Gasteiger partial charge in [-0.3, -0.25) is 19.0 Å². The normalized spacial score (nSPS) is 27.9. The first-order valence-electron chi connectivity index (χ1n) is 16.1. The minimum atomic E-state index is -4.12. The summed E-state index contributed by atoms with van der Waals surface area (Å²) < 4.78 is 36.2. The molecular formula is C32H44N6O8S. The molecule has 14 nitrogen and oxygen atoms in total. The highest BCUT2D eigenvalue weighted by Crippen LogP contribution is 2.46. The number of nitrogens with zero attached hydrogens (tertiary/aromatic N) is 4. The second-order valence-corrected chi connectivity index (χ2v) is 15.2. The first-order valence-corrected chi connectivity index (χ1v) is 17.5. The van der Waals surface area contributed by atoms with E-state index in [0.29, 0.717) is 11.9 Å². The van der Waals surface area contributed by atoms with Crippen LogP contribution in [-0.4, -0.2) is 94.3 Å². The monoisotopic (exact) mass is 672 g/mol. The lowest BCUT2D eigenvalue weighted by molar-refractivity contribution is -0.142. The van der Waals surface area contributed by atoms with Gasteiger partial charge in [0.2, 0.25) is 11.8 Å². The molecule has 2 fully saturated rings. The van der Waals surface area contributed by atoms with Gasteiger partial charge >= 0.3 is 16.2 Å². The molecular weight excluding hydrogens is 628 g/mol. The molecule has 1 aromatic carbocycles. The molecule has 1 saturated heterocycles. The third-order valence-corrected chi connectivity index (χ3v) is 10.7. The Morgan fingerprint density at radius 3 is 2.62 bits per heavy atom. The fourth-order valence-electron chi connectivity index (χ4n) is 6.52. The molecule has 2 aliphatic heterocycles. The zero-order chi connectivity index (χ0) is 34.3. The largest absolute Gasteiger partial charge is 0.478 e. The minimum absolute atomic E-state index is 0.0297. The van der Waals surface area contributed by atoms with Crippen LogP contribution >= 0.6 is 0 Å². The van der Waals surface area contributed by atoms with E-state index >= 15 is 0 Å². The van der Waals surface area contributed by atoms with Crippen LogP contribution in [0, 0.1) is 11.8 Å². The number of carbonyl (C=O) groups excluding carboxylic acids is 3. The van der Waals surface area contributed by atoms with Crippen LogP contribution in [0.2, 0.25) is 0 Å². The van der Waals surface area contributed by atoms with Crippen molar-refractivity contribution >= 4 is 44.9 Å². The van der Waals surface area contributed by atoms with Gasteiger partial charge in [-0.25, -0.2) is 9.52 Å². The van der Waals surface area contributed by atoms with E-state index in [1.165, 1.54) is 25.1 Å². The lowest BCUT2D eigenvalue weighted by atomic mass is 10.0. The first-order chi connectivity index (χ1) is 22.2. The molecule has 1 saturated carbocycles. The van der Waals surface area contributed by atoms with Crippen LogP contribution < -0.4 is 14.8 Å². The molecule has 3 N–H and O–H groups in total. The summed E-state index contributed by atoms with van der Waals surface area (Å²) in [4.78, 5) is 59.3. The number of allylic oxidation sites excluding steroid dienone is 1. The maximum absolute atomic E-state index is 14.1. The van der Waals surface area contributed by atoms with E-state index in [1.54, 1.807) is 16.7 Å². The lowest BCUT2D eigenvalue weighted by Gasteiger charge is -2.28. The summed E-state index contributed by atoms with van der Waals surface area (Å²) in [5, 5.41) is 12.6. The highest BCUT2D eigenvalue weighted by atomic mass is 32.2. The fraction of sp³-hybridized carbons (Fsp3) is 0.594. The van der Waals surface area contributed by atoms with Crippen molar-refractivity contribution in [2.45, 2.75) is 89.4 Å². The summed E-state index contributed by atoms with van der Waals surface area (Å²) >= 11 is 0. The third kappa shape index (κ3) is 6.86. The predicted octanol–water partition coefficient (Wildman–Crippen LogP) is 2.62. The standard InChI is InChI=1S/C32H44N6O8S/c1-19(2)38-24-15-11-14-23(29(41)42)26(24)33-31(38)46-22-16-25-27(39)34-32(30(43)35-47(44,45)36(4)5)17-21(32)13-10-8-6-7-9-12-20(3)28(40)37(25)18-22/h10-11,13-15,19-22,25H,6-9,12,16-18H2,1-5H3,(H,34,39)(H,35,43)(H,41,42)/b13-10-/t20-,21-,22+,25-,32+/m0/s1. The van der Waals surface area contributed by atoms with Crippen molar-refractivity contribution in [2.24, 2.45) is 11.8 Å². The van der Waals surface area contributed by atoms with Gasteiger partial charge < -0.3 is 20.1 Å². The molecule has 2 aromatic rings. The van der Waals surface area contributed by atoms with Crippen LogP contribution in [0.4, 0.5) is 0 Å². The van der Waals surface area contributed by atoms with Crippen molar-refractivity contribution < 1.29 is 37.4 Å². The predicted molar refractivity (Wildman–Crippen MR) is 173 cm³/mol. The van der Waals surface area contributed by atoms with E-state index in [0.717, 1.165) is 30.0 Å². The number of imidazole rings is 1. The fourth-order valence-corrected chi connectivity index (χ4v) is 7.11. The van der Waals surface area contributed by atoms with Gasteiger partial charge in [-0.15, -0.1) is 0 Å². The van der Waals surface area contributed by atoms with Crippen LogP contribution in [0.3, 0.4) is 0 Å². The summed E-state index contributed by atoms with van der Waals surface area (Å²) in [5.74, 6) is -3.53. The van der Waals surface area contributed by atoms with Gasteiger partial charge in [-0.2, -0.15) is 17.7 Å². The number of hydrogen-bond donors (Lipinski definition) is 3. The van der Waals surface area contributed by atoms with Gasteiger partial charge in [-0.05, 0) is 51.7 Å². The summed E-state index contributed by atoms with van der Waals surface area (Å²) in [7, 11) is -1.53. The number of para-hydroxylation sites is 1. The number of carbonyl (C=O) groups is 4. The number of fused-ring (bicyclic) bond motifs is 3. The highest BCUT2D eigenvalue weighted by Gasteiger charge is 2.61. The Morgan fingerprint density at radius 2 is 1.94 bits per heavy atom. The second-order valence-electron chi connectivity index (χ2n) is 13.3. The number of aromatic carboxylic acids is 1. The molecule has 5 atom stereocenters. The van der Waals surface area contributed by atoms with E-state index in [2.05, 4.69) is 15.0 Å². The van der Waals surface area contributed by atoms with Crippen molar-refractivity contribution in [1.29, 1.82) is 0 Å². The van der Waals surface area contributed by atoms with E-state index in [-0.39, 0.29) is 54.3 Å². The molecule has 0 unspecified atom stereocenters. The molecule has 1 aliphatic carbocycles. The van der Waals surface area contributed by atoms with Crippen LogP contribution in [0.15, 0.2) is 30.4 Å². The van der Waals surface area contributed by atoms with Gasteiger partial charge in [0.25, 0.3) is 11.9 Å². The molecule has 5 rings (SSSR count). The summed E-state index contributed by atoms with van der Waals surface area (Å²) in [6.45, 7) is 5.75. The first kappa shape index (κ1) is 34.4. The topological polar surface area (TPSA) is 180 Å². The number of carboxylic acids is 1. The summed E-state index contributed by atoms with van der Waals surface area (Å²) in [5.41, 5.74) is -0.609. The maximum Gasteiger partial charge on any atom is 0.337 e. The molecule has 256 valence electrons. The van der Waals surface area contributed by atoms with Crippen LogP contribution in [0.25, 0.3) is 11.0 Å². The Labute approximate surface area is 274 Å². The molecule has 15 heteroatoms. The van der Waals surface area contributed by atoms with Gasteiger partial charge in [0, 0.05) is 38.4 Å². The summed E-state index contributed by atoms with van der Waals surface area (Å²) in [6, 6.07) is 3.91. The van der Waals surface area contributed by atoms with Crippen LogP contribution in [-0.2, 0) is 24.6 Å². The van der Waals surface area contributed by atoms with Gasteiger partial charge in [-0.1, -0.05) is 38.0 Å². The average Bonchev–Trinajstić information content (AvgIpc) is 3.33. The number of nitrogens with one attached hydrogen (secondary N) is 2. The third-order valence-electron chi connectivity index (χ3n) is 9.32. The van der Waals surface area contributed by atoms with E-state index < -0.39 is 51.6 Å². The van der Waals surface area contributed by atoms with E-state index in [9.17, 15) is 32.7 Å². The lowest BCUT2D eigenvalue weighted by Crippen LogP contribution is -2.57. The van der Waals surface area contributed by atoms with Crippen LogP contribution in [0.1, 0.15) is 82.1 Å². The van der Waals surface area contributed by atoms with Crippen molar-refractivity contribution in [3.05, 3.63) is 35.9 Å². The number of hydrogen-bond acceptors (Lipinski definition) is 8. The number of carboxylic acid groups (broad SMARTS) is 1. The Balaban J connectivity index is 1.47. The Hall–Kier alpha value is -3.98. The van der Waals surface area contributed by atoms with Crippen molar-refractivity contribution in [3.63, 3.8) is 0 Å². The molecule has 3 heterocycles. The SMILES string of the molecule is CC(C)n1c(O[C@@H]2C[C@H]3C(=O)N[C@]4(C(=O)NS(=O)(=O)N(C)C)C[C@@H]4/C=C\CCCCC[C@H](C)C(=O)N3C2)nc2c(C(=O)O)cccc21. The Morgan fingerprint density at radius 1 is 1.19 bits per heavy atom. The number of benzene rings is 1.